The van der Waals surface area contributed by atoms with Crippen molar-refractivity contribution < 1.29 is 52.0 Å². The molecule has 9 heavy (non-hydrogen) atoms. The Morgan fingerprint density at radius 3 is 0.778 bits per heavy atom. The van der Waals surface area contributed by atoms with E-state index in [9.17, 15) is 0 Å². The first-order valence-electron chi connectivity index (χ1n) is 1.35. The van der Waals surface area contributed by atoms with Crippen LogP contribution in [0.5, 0.6) is 0 Å². The SMILES string of the molecule is C[O-].C[O-].C[O-].[Cr+3].[O]=[Ni]. The Balaban J connectivity index is -0.00000000762. The molecule has 0 spiro atoms. The second-order valence-corrected chi connectivity index (χ2v) is 0. The van der Waals surface area contributed by atoms with Gasteiger partial charge >= 0.3 is 36.6 Å². The Bertz CT molecular complexity index is 15.8. The summed E-state index contributed by atoms with van der Waals surface area (Å²) in [5.41, 5.74) is 0. The minimum atomic E-state index is 0. The Labute approximate surface area is 73.6 Å². The van der Waals surface area contributed by atoms with Gasteiger partial charge in [0, 0.05) is 0 Å². The first kappa shape index (κ1) is 33.2. The summed E-state index contributed by atoms with van der Waals surface area (Å²) in [6.07, 6.45) is 0. The Morgan fingerprint density at radius 1 is 0.778 bits per heavy atom. The fourth-order valence-corrected chi connectivity index (χ4v) is 0. The molecule has 0 aliphatic carbocycles. The van der Waals surface area contributed by atoms with E-state index in [1.807, 2.05) is 0 Å². The topological polar surface area (TPSA) is 86.2 Å². The van der Waals surface area contributed by atoms with Crippen molar-refractivity contribution in [1.29, 1.82) is 0 Å². The molecule has 0 fully saturated rings. The third-order valence-corrected chi connectivity index (χ3v) is 0. The van der Waals surface area contributed by atoms with Gasteiger partial charge in [-0.05, 0) is 0 Å². The molecular formula is C3H9CrNiO4. The number of hydrogen-bond donors (Lipinski definition) is 0. The van der Waals surface area contributed by atoms with Gasteiger partial charge in [-0.15, -0.1) is 0 Å². The summed E-state index contributed by atoms with van der Waals surface area (Å²) in [6.45, 7) is 0. The van der Waals surface area contributed by atoms with Gasteiger partial charge in [-0.3, -0.25) is 0 Å². The van der Waals surface area contributed by atoms with Crippen LogP contribution in [0.2, 0.25) is 0 Å². The van der Waals surface area contributed by atoms with Crippen LogP contribution in [-0.4, -0.2) is 21.3 Å². The average Bonchev–Trinajstić information content (AvgIpc) is 2.03. The summed E-state index contributed by atoms with van der Waals surface area (Å²) in [7, 11) is 2.25. The zero-order valence-electron chi connectivity index (χ0n) is 5.36. The van der Waals surface area contributed by atoms with Crippen LogP contribution >= 0.6 is 0 Å². The molecule has 61 valence electrons. The zero-order chi connectivity index (χ0) is 8.00. The van der Waals surface area contributed by atoms with Crippen LogP contribution in [0.1, 0.15) is 0 Å². The van der Waals surface area contributed by atoms with Gasteiger partial charge in [0.05, 0.1) is 0 Å². The van der Waals surface area contributed by atoms with E-state index in [0.717, 1.165) is 21.3 Å². The Hall–Kier alpha value is 0.706. The molecule has 0 N–H and O–H groups in total. The normalized spacial score (nSPS) is 2.67. The summed E-state index contributed by atoms with van der Waals surface area (Å²) < 4.78 is 7.88. The molecule has 0 rings (SSSR count). The van der Waals surface area contributed by atoms with Crippen molar-refractivity contribution in [1.82, 2.24) is 0 Å². The molecule has 0 atom stereocenters. The molecule has 0 unspecified atom stereocenters. The zero-order valence-corrected chi connectivity index (χ0v) is 7.62. The quantitative estimate of drug-likeness (QED) is 0.402. The van der Waals surface area contributed by atoms with E-state index in [0.29, 0.717) is 0 Å². The minimum absolute atomic E-state index is 0. The summed E-state index contributed by atoms with van der Waals surface area (Å²) in [6, 6.07) is 0. The van der Waals surface area contributed by atoms with Crippen LogP contribution in [-0.2, 0) is 36.6 Å². The maximum atomic E-state index is 8.25. The fourth-order valence-electron chi connectivity index (χ4n) is 0. The molecule has 0 aromatic carbocycles. The van der Waals surface area contributed by atoms with Crippen LogP contribution in [0.4, 0.5) is 0 Å². The predicted molar refractivity (Wildman–Crippen MR) is 18.5 cm³/mol. The van der Waals surface area contributed by atoms with E-state index in [4.69, 9.17) is 19.2 Å². The average molecular weight is 220 g/mol. The van der Waals surface area contributed by atoms with Gasteiger partial charge in [0.1, 0.15) is 0 Å². The molecule has 0 aromatic rings. The molecule has 4 nitrogen and oxygen atoms in total. The van der Waals surface area contributed by atoms with E-state index >= 15 is 0 Å². The van der Waals surface area contributed by atoms with Crippen molar-refractivity contribution >= 4 is 0 Å². The van der Waals surface area contributed by atoms with Gasteiger partial charge in [-0.25, -0.2) is 0 Å². The third kappa shape index (κ3) is 786. The molecule has 0 saturated heterocycles. The van der Waals surface area contributed by atoms with Gasteiger partial charge in [0.2, 0.25) is 0 Å². The van der Waals surface area contributed by atoms with Crippen molar-refractivity contribution in [2.75, 3.05) is 21.3 Å². The van der Waals surface area contributed by atoms with Crippen molar-refractivity contribution in [2.45, 2.75) is 0 Å². The maximum absolute atomic E-state index is 8.25. The van der Waals surface area contributed by atoms with Gasteiger partial charge in [-0.2, -0.15) is 21.3 Å². The fraction of sp³-hybridized carbons (Fsp3) is 1.00. The summed E-state index contributed by atoms with van der Waals surface area (Å²) in [5, 5.41) is 24.8. The Kier molecular flexibility index (Phi) is 3830. The van der Waals surface area contributed by atoms with E-state index < -0.39 is 0 Å². The molecule has 1 radical (unpaired) electrons. The molecule has 0 amide bonds. The monoisotopic (exact) mass is 219 g/mol. The van der Waals surface area contributed by atoms with Crippen LogP contribution in [0.3, 0.4) is 0 Å². The molecule has 0 aliphatic rings. The van der Waals surface area contributed by atoms with Crippen LogP contribution in [0, 0.1) is 0 Å². The van der Waals surface area contributed by atoms with Crippen molar-refractivity contribution in [3.8, 4) is 0 Å². The second kappa shape index (κ2) is 1040. The molecule has 0 aromatic heterocycles. The van der Waals surface area contributed by atoms with Gasteiger partial charge < -0.3 is 15.3 Å². The van der Waals surface area contributed by atoms with Crippen molar-refractivity contribution in [3.63, 3.8) is 0 Å². The van der Waals surface area contributed by atoms with Gasteiger partial charge in [0.25, 0.3) is 0 Å². The molecule has 6 heteroatoms. The van der Waals surface area contributed by atoms with Crippen LogP contribution < -0.4 is 15.3 Å². The molecular weight excluding hydrogens is 211 g/mol. The number of rotatable bonds is 0. The van der Waals surface area contributed by atoms with E-state index in [1.54, 1.807) is 0 Å². The summed E-state index contributed by atoms with van der Waals surface area (Å²) in [5.74, 6) is 0. The van der Waals surface area contributed by atoms with E-state index in [-0.39, 0.29) is 17.4 Å². The third-order valence-electron chi connectivity index (χ3n) is 0. The van der Waals surface area contributed by atoms with Crippen molar-refractivity contribution in [3.05, 3.63) is 0 Å². The molecule has 0 heterocycles. The van der Waals surface area contributed by atoms with Crippen molar-refractivity contribution in [2.24, 2.45) is 0 Å². The molecule has 0 aliphatic heterocycles. The van der Waals surface area contributed by atoms with Crippen LogP contribution in [0.15, 0.2) is 0 Å². The standard InChI is InChI=1S/3CH3O.Cr.Ni.O/c3*1-2;;;/h3*1H3;;;/q3*-1;+3;;. The summed E-state index contributed by atoms with van der Waals surface area (Å²) >= 11 is 2.62. The first-order valence-corrected chi connectivity index (χ1v) is 1.76. The first-order chi connectivity index (χ1) is 4.00. The second-order valence-electron chi connectivity index (χ2n) is 0. The van der Waals surface area contributed by atoms with Gasteiger partial charge in [0.15, 0.2) is 0 Å². The molecule has 0 saturated carbocycles. The molecule has 0 bridgehead atoms. The van der Waals surface area contributed by atoms with Crippen LogP contribution in [0.25, 0.3) is 0 Å². The summed E-state index contributed by atoms with van der Waals surface area (Å²) in [4.78, 5) is 0. The van der Waals surface area contributed by atoms with Gasteiger partial charge in [-0.1, -0.05) is 0 Å². The Morgan fingerprint density at radius 2 is 0.778 bits per heavy atom. The predicted octanol–water partition coefficient (Wildman–Crippen LogP) is -3.19. The van der Waals surface area contributed by atoms with E-state index in [2.05, 4.69) is 15.4 Å². The number of hydrogen-bond acceptors (Lipinski definition) is 4. The van der Waals surface area contributed by atoms with E-state index in [1.165, 1.54) is 0 Å².